The van der Waals surface area contributed by atoms with Crippen LogP contribution in [0.5, 0.6) is 11.5 Å². The number of ether oxygens (including phenoxy) is 2. The lowest BCUT2D eigenvalue weighted by molar-refractivity contribution is -0.122. The number of fused-ring (bicyclic) bond motifs is 1. The zero-order valence-corrected chi connectivity index (χ0v) is 12.9. The van der Waals surface area contributed by atoms with Gasteiger partial charge in [-0.1, -0.05) is 12.1 Å². The fourth-order valence-electron chi connectivity index (χ4n) is 2.62. The van der Waals surface area contributed by atoms with Crippen molar-refractivity contribution in [3.8, 4) is 11.5 Å². The number of hydrogen-bond donors (Lipinski definition) is 2. The molecule has 5 nitrogen and oxygen atoms in total. The van der Waals surface area contributed by atoms with Gasteiger partial charge in [-0.3, -0.25) is 4.79 Å². The van der Waals surface area contributed by atoms with Gasteiger partial charge in [-0.25, -0.2) is 4.39 Å². The molecule has 1 aliphatic heterocycles. The first-order chi connectivity index (χ1) is 11.7. The van der Waals surface area contributed by atoms with Gasteiger partial charge in [0.1, 0.15) is 11.9 Å². The Balaban J connectivity index is 1.59. The van der Waals surface area contributed by atoms with Crippen LogP contribution in [0.25, 0.3) is 0 Å². The molecule has 1 fully saturated rings. The molecule has 0 spiro atoms. The molecule has 24 heavy (non-hydrogen) atoms. The fraction of sp³-hybridized carbons (Fsp3) is 0.278. The standard InChI is InChI=1S/C18H17FN2O3/c19-12-3-1-11(2-4-12)17(18(22)21-13-5-6-13)20-14-7-8-15-16(9-14)24-10-23-15/h1-4,7-9,13,17,20H,5-6,10H2,(H,21,22). The first kappa shape index (κ1) is 14.8. The molecule has 1 aliphatic carbocycles. The summed E-state index contributed by atoms with van der Waals surface area (Å²) < 4.78 is 23.9. The van der Waals surface area contributed by atoms with E-state index in [2.05, 4.69) is 10.6 Å². The van der Waals surface area contributed by atoms with E-state index in [0.717, 1.165) is 18.5 Å². The number of carbonyl (C=O) groups excluding carboxylic acids is 1. The van der Waals surface area contributed by atoms with E-state index < -0.39 is 6.04 Å². The van der Waals surface area contributed by atoms with E-state index in [9.17, 15) is 9.18 Å². The lowest BCUT2D eigenvalue weighted by Crippen LogP contribution is -2.34. The molecule has 2 aromatic carbocycles. The molecule has 0 bridgehead atoms. The minimum absolute atomic E-state index is 0.123. The minimum Gasteiger partial charge on any atom is -0.454 e. The zero-order chi connectivity index (χ0) is 16.5. The van der Waals surface area contributed by atoms with E-state index in [4.69, 9.17) is 9.47 Å². The zero-order valence-electron chi connectivity index (χ0n) is 12.9. The summed E-state index contributed by atoms with van der Waals surface area (Å²) in [4.78, 5) is 12.6. The van der Waals surface area contributed by atoms with Gasteiger partial charge >= 0.3 is 0 Å². The number of carbonyl (C=O) groups is 1. The summed E-state index contributed by atoms with van der Waals surface area (Å²) >= 11 is 0. The molecule has 2 N–H and O–H groups in total. The third-order valence-corrected chi connectivity index (χ3v) is 4.07. The van der Waals surface area contributed by atoms with Crippen molar-refractivity contribution in [1.82, 2.24) is 5.32 Å². The molecule has 4 rings (SSSR count). The van der Waals surface area contributed by atoms with Crippen molar-refractivity contribution in [1.29, 1.82) is 0 Å². The van der Waals surface area contributed by atoms with Crippen LogP contribution in [-0.2, 0) is 4.79 Å². The Kier molecular flexibility index (Phi) is 3.72. The van der Waals surface area contributed by atoms with Crippen LogP contribution >= 0.6 is 0 Å². The summed E-state index contributed by atoms with van der Waals surface area (Å²) in [6.45, 7) is 0.197. The van der Waals surface area contributed by atoms with Gasteiger partial charge in [0, 0.05) is 17.8 Å². The molecule has 1 saturated carbocycles. The SMILES string of the molecule is O=C(NC1CC1)C(Nc1ccc2c(c1)OCO2)c1ccc(F)cc1. The van der Waals surface area contributed by atoms with E-state index in [1.165, 1.54) is 12.1 Å². The lowest BCUT2D eigenvalue weighted by Gasteiger charge is -2.20. The number of halogens is 1. The van der Waals surface area contributed by atoms with Gasteiger partial charge in [-0.2, -0.15) is 0 Å². The molecule has 6 heteroatoms. The fourth-order valence-corrected chi connectivity index (χ4v) is 2.62. The quantitative estimate of drug-likeness (QED) is 0.886. The van der Waals surface area contributed by atoms with Crippen LogP contribution in [-0.4, -0.2) is 18.7 Å². The van der Waals surface area contributed by atoms with Gasteiger partial charge in [0.05, 0.1) is 0 Å². The third kappa shape index (κ3) is 3.13. The van der Waals surface area contributed by atoms with Crippen LogP contribution in [0.4, 0.5) is 10.1 Å². The average molecular weight is 328 g/mol. The maximum atomic E-state index is 13.2. The Morgan fingerprint density at radius 3 is 2.58 bits per heavy atom. The molecule has 0 aromatic heterocycles. The number of rotatable bonds is 5. The van der Waals surface area contributed by atoms with Crippen molar-refractivity contribution in [3.63, 3.8) is 0 Å². The maximum absolute atomic E-state index is 13.2. The Labute approximate surface area is 138 Å². The lowest BCUT2D eigenvalue weighted by atomic mass is 10.1. The van der Waals surface area contributed by atoms with Crippen molar-refractivity contribution in [3.05, 3.63) is 53.8 Å². The van der Waals surface area contributed by atoms with Crippen LogP contribution in [0.1, 0.15) is 24.4 Å². The monoisotopic (exact) mass is 328 g/mol. The highest BCUT2D eigenvalue weighted by Crippen LogP contribution is 2.35. The molecule has 1 amide bonds. The van der Waals surface area contributed by atoms with Crippen LogP contribution in [0, 0.1) is 5.82 Å². The number of benzene rings is 2. The average Bonchev–Trinajstić information content (AvgIpc) is 3.27. The molecule has 1 heterocycles. The summed E-state index contributed by atoms with van der Waals surface area (Å²) in [7, 11) is 0. The van der Waals surface area contributed by atoms with Crippen molar-refractivity contribution in [2.24, 2.45) is 0 Å². The summed E-state index contributed by atoms with van der Waals surface area (Å²) in [5.74, 6) is 0.867. The number of anilines is 1. The van der Waals surface area contributed by atoms with Gasteiger partial charge < -0.3 is 20.1 Å². The van der Waals surface area contributed by atoms with Crippen LogP contribution in [0.15, 0.2) is 42.5 Å². The third-order valence-electron chi connectivity index (χ3n) is 4.07. The Morgan fingerprint density at radius 2 is 1.83 bits per heavy atom. The molecule has 1 unspecified atom stereocenters. The van der Waals surface area contributed by atoms with Crippen LogP contribution in [0.3, 0.4) is 0 Å². The molecule has 0 radical (unpaired) electrons. The van der Waals surface area contributed by atoms with E-state index in [-0.39, 0.29) is 24.6 Å². The predicted octanol–water partition coefficient (Wildman–Crippen LogP) is 2.99. The summed E-state index contributed by atoms with van der Waals surface area (Å²) in [6, 6.07) is 11.0. The largest absolute Gasteiger partial charge is 0.454 e. The van der Waals surface area contributed by atoms with Crippen molar-refractivity contribution in [2.45, 2.75) is 24.9 Å². The number of amides is 1. The molecule has 2 aromatic rings. The van der Waals surface area contributed by atoms with Crippen molar-refractivity contribution in [2.75, 3.05) is 12.1 Å². The van der Waals surface area contributed by atoms with Crippen LogP contribution in [0.2, 0.25) is 0 Å². The summed E-state index contributed by atoms with van der Waals surface area (Å²) in [6.07, 6.45) is 2.01. The highest BCUT2D eigenvalue weighted by Gasteiger charge is 2.28. The van der Waals surface area contributed by atoms with Gasteiger partial charge in [-0.15, -0.1) is 0 Å². The predicted molar refractivity (Wildman–Crippen MR) is 86.5 cm³/mol. The number of hydrogen-bond acceptors (Lipinski definition) is 4. The van der Waals surface area contributed by atoms with E-state index in [0.29, 0.717) is 17.1 Å². The van der Waals surface area contributed by atoms with E-state index in [1.807, 2.05) is 6.07 Å². The number of nitrogens with one attached hydrogen (secondary N) is 2. The van der Waals surface area contributed by atoms with Crippen LogP contribution < -0.4 is 20.1 Å². The Bertz CT molecular complexity index is 759. The van der Waals surface area contributed by atoms with Gasteiger partial charge in [0.25, 0.3) is 0 Å². The highest BCUT2D eigenvalue weighted by atomic mass is 19.1. The molecule has 0 saturated heterocycles. The molecular weight excluding hydrogens is 311 g/mol. The van der Waals surface area contributed by atoms with Gasteiger partial charge in [0.15, 0.2) is 11.5 Å². The van der Waals surface area contributed by atoms with Crippen molar-refractivity contribution >= 4 is 11.6 Å². The minimum atomic E-state index is -0.605. The Hall–Kier alpha value is -2.76. The van der Waals surface area contributed by atoms with Crippen molar-refractivity contribution < 1.29 is 18.7 Å². The molecule has 1 atom stereocenters. The van der Waals surface area contributed by atoms with Gasteiger partial charge in [0.2, 0.25) is 12.7 Å². The molecule has 2 aliphatic rings. The topological polar surface area (TPSA) is 59.6 Å². The van der Waals surface area contributed by atoms with E-state index >= 15 is 0 Å². The second-order valence-electron chi connectivity index (χ2n) is 5.98. The maximum Gasteiger partial charge on any atom is 0.247 e. The van der Waals surface area contributed by atoms with E-state index in [1.54, 1.807) is 24.3 Å². The second kappa shape index (κ2) is 6.03. The summed E-state index contributed by atoms with van der Waals surface area (Å²) in [5, 5.41) is 6.20. The highest BCUT2D eigenvalue weighted by molar-refractivity contribution is 5.86. The Morgan fingerprint density at radius 1 is 1.08 bits per heavy atom. The first-order valence-electron chi connectivity index (χ1n) is 7.91. The molecular formula is C18H17FN2O3. The second-order valence-corrected chi connectivity index (χ2v) is 5.98. The van der Waals surface area contributed by atoms with Gasteiger partial charge in [-0.05, 0) is 42.7 Å². The summed E-state index contributed by atoms with van der Waals surface area (Å²) in [5.41, 5.74) is 1.44. The smallest absolute Gasteiger partial charge is 0.247 e. The first-order valence-corrected chi connectivity index (χ1v) is 7.91. The molecule has 124 valence electrons. The normalized spacial score (nSPS) is 16.5.